The van der Waals surface area contributed by atoms with E-state index in [1.165, 1.54) is 0 Å². The van der Waals surface area contributed by atoms with Crippen molar-refractivity contribution in [2.75, 3.05) is 33.0 Å². The summed E-state index contributed by atoms with van der Waals surface area (Å²) in [5.74, 6) is 1.19. The highest BCUT2D eigenvalue weighted by Gasteiger charge is 2.66. The molecule has 8 rings (SSSR count). The SMILES string of the molecule is CC1=C([C@H](CO)C[C@@H](C)CO[C@@H]2O[C@H](CO)[C@@H](O)[C@H](O)[C@H]2O)O[C@H]2C[C@H]3[C@@H]4CC(=O)[C@H]5C[C@@H](O[C@@H]6O[C@@H](CO[C@@H]7OC[C@@H](O)[C@@H](O)[C@@H]7O)[C@@H](O)[C@@H](O)[C@@H]6O)CC[C@]5(C)[C@H]4CC[C@]3(C)[C@@H]12. The van der Waals surface area contributed by atoms with Crippen molar-refractivity contribution in [2.45, 2.75) is 177 Å². The molecule has 0 unspecified atom stereocenters. The summed E-state index contributed by atoms with van der Waals surface area (Å²) in [5.41, 5.74) is 0.750. The molecule has 0 bridgehead atoms. The maximum Gasteiger partial charge on any atom is 0.186 e. The molecule has 3 saturated heterocycles. The predicted octanol–water partition coefficient (Wildman–Crippen LogP) is -1.79. The number of ether oxygens (including phenoxy) is 7. The van der Waals surface area contributed by atoms with E-state index >= 15 is 0 Å². The summed E-state index contributed by atoms with van der Waals surface area (Å²) < 4.78 is 41.2. The average molecular weight is 917 g/mol. The third-order valence-electron chi connectivity index (χ3n) is 17.1. The second-order valence-electron chi connectivity index (χ2n) is 20.9. The van der Waals surface area contributed by atoms with Crippen LogP contribution in [0.15, 0.2) is 11.3 Å². The molecule has 11 N–H and O–H groups in total. The number of aliphatic hydroxyl groups excluding tert-OH is 11. The van der Waals surface area contributed by atoms with E-state index in [0.717, 1.165) is 30.6 Å². The van der Waals surface area contributed by atoms with Crippen LogP contribution in [0.3, 0.4) is 0 Å². The summed E-state index contributed by atoms with van der Waals surface area (Å²) in [6.07, 6.45) is -15.0. The lowest BCUT2D eigenvalue weighted by molar-refractivity contribution is -0.330. The van der Waals surface area contributed by atoms with Gasteiger partial charge < -0.3 is 89.3 Å². The van der Waals surface area contributed by atoms with Crippen molar-refractivity contribution in [1.29, 1.82) is 0 Å². The Kier molecular flexibility index (Phi) is 14.6. The van der Waals surface area contributed by atoms with Crippen molar-refractivity contribution >= 4 is 5.78 Å². The van der Waals surface area contributed by atoms with Gasteiger partial charge in [0, 0.05) is 24.2 Å². The molecule has 4 heterocycles. The lowest BCUT2D eigenvalue weighted by atomic mass is 9.44. The molecule has 366 valence electrons. The van der Waals surface area contributed by atoms with E-state index in [2.05, 4.69) is 20.8 Å². The van der Waals surface area contributed by atoms with Crippen LogP contribution < -0.4 is 0 Å². The Balaban J connectivity index is 0.875. The van der Waals surface area contributed by atoms with Crippen LogP contribution in [0.1, 0.15) is 79.1 Å². The molecule has 0 spiro atoms. The molecule has 0 amide bonds. The molecule has 4 saturated carbocycles. The van der Waals surface area contributed by atoms with Crippen LogP contribution in [-0.2, 0) is 38.0 Å². The van der Waals surface area contributed by atoms with Gasteiger partial charge in [-0.05, 0) is 91.9 Å². The fourth-order valence-corrected chi connectivity index (χ4v) is 13.6. The number of ketones is 1. The third kappa shape index (κ3) is 8.64. The Morgan fingerprint density at radius 3 is 2.11 bits per heavy atom. The number of hydrogen-bond donors (Lipinski definition) is 11. The van der Waals surface area contributed by atoms with Crippen LogP contribution in [0.25, 0.3) is 0 Å². The van der Waals surface area contributed by atoms with Gasteiger partial charge in [-0.3, -0.25) is 4.79 Å². The maximum absolute atomic E-state index is 14.3. The molecular formula is C45H72O19. The van der Waals surface area contributed by atoms with Gasteiger partial charge in [0.15, 0.2) is 18.9 Å². The first kappa shape index (κ1) is 49.0. The van der Waals surface area contributed by atoms with Gasteiger partial charge in [0.1, 0.15) is 84.8 Å². The molecule has 0 radical (unpaired) electrons. The molecular weight excluding hydrogens is 844 g/mol. The Hall–Kier alpha value is -1.47. The first-order valence-electron chi connectivity index (χ1n) is 23.4. The summed E-state index contributed by atoms with van der Waals surface area (Å²) in [4.78, 5) is 14.3. The van der Waals surface area contributed by atoms with Gasteiger partial charge in [0.25, 0.3) is 0 Å². The quantitative estimate of drug-likeness (QED) is 0.0909. The van der Waals surface area contributed by atoms with Crippen LogP contribution in [0.2, 0.25) is 0 Å². The van der Waals surface area contributed by atoms with Gasteiger partial charge in [0.2, 0.25) is 0 Å². The number of Topliss-reactive ketones (excluding diaryl/α,β-unsaturated/α-hetero) is 1. The summed E-state index contributed by atoms with van der Waals surface area (Å²) in [6.45, 7) is 7.41. The minimum absolute atomic E-state index is 0.0759. The molecule has 19 nitrogen and oxygen atoms in total. The molecule has 19 heteroatoms. The molecule has 64 heavy (non-hydrogen) atoms. The number of rotatable bonds is 13. The summed E-state index contributed by atoms with van der Waals surface area (Å²) in [5, 5.41) is 113. The van der Waals surface area contributed by atoms with Crippen LogP contribution in [0.4, 0.5) is 0 Å². The summed E-state index contributed by atoms with van der Waals surface area (Å²) in [7, 11) is 0. The van der Waals surface area contributed by atoms with Crippen LogP contribution in [0.5, 0.6) is 0 Å². The molecule has 0 aromatic heterocycles. The highest BCUT2D eigenvalue weighted by Crippen LogP contribution is 2.69. The largest absolute Gasteiger partial charge is 0.494 e. The third-order valence-corrected chi connectivity index (χ3v) is 17.1. The van der Waals surface area contributed by atoms with Crippen LogP contribution in [0, 0.1) is 52.3 Å². The summed E-state index contributed by atoms with van der Waals surface area (Å²) >= 11 is 0. The smallest absolute Gasteiger partial charge is 0.186 e. The van der Waals surface area contributed by atoms with Crippen molar-refractivity contribution in [2.24, 2.45) is 52.3 Å². The van der Waals surface area contributed by atoms with E-state index in [4.69, 9.17) is 33.2 Å². The van der Waals surface area contributed by atoms with Gasteiger partial charge in [0.05, 0.1) is 39.1 Å². The number of carbonyl (C=O) groups excluding carboxylic acids is 1. The topological polar surface area (TPSA) is 304 Å². The normalized spacial score (nSPS) is 51.4. The molecule has 7 fully saturated rings. The zero-order valence-corrected chi connectivity index (χ0v) is 37.2. The lowest BCUT2D eigenvalue weighted by Gasteiger charge is -2.60. The predicted molar refractivity (Wildman–Crippen MR) is 218 cm³/mol. The number of fused-ring (bicyclic) bond motifs is 7. The van der Waals surface area contributed by atoms with Gasteiger partial charge in [-0.25, -0.2) is 0 Å². The van der Waals surface area contributed by atoms with Gasteiger partial charge in [-0.2, -0.15) is 0 Å². The van der Waals surface area contributed by atoms with Crippen molar-refractivity contribution < 1.29 is 94.1 Å². The van der Waals surface area contributed by atoms with E-state index in [-0.39, 0.29) is 84.7 Å². The van der Waals surface area contributed by atoms with Gasteiger partial charge in [-0.15, -0.1) is 0 Å². The van der Waals surface area contributed by atoms with E-state index in [9.17, 15) is 61.0 Å². The average Bonchev–Trinajstić information content (AvgIpc) is 3.77. The Morgan fingerprint density at radius 1 is 0.750 bits per heavy atom. The molecule has 4 aliphatic carbocycles. The molecule has 0 aromatic rings. The van der Waals surface area contributed by atoms with Crippen molar-refractivity contribution in [3.63, 3.8) is 0 Å². The lowest BCUT2D eigenvalue weighted by Crippen LogP contribution is -2.61. The monoisotopic (exact) mass is 916 g/mol. The van der Waals surface area contributed by atoms with Crippen molar-refractivity contribution in [3.05, 3.63) is 11.3 Å². The summed E-state index contributed by atoms with van der Waals surface area (Å²) in [6, 6.07) is 0. The zero-order valence-electron chi connectivity index (χ0n) is 37.2. The second-order valence-corrected chi connectivity index (χ2v) is 20.9. The van der Waals surface area contributed by atoms with Crippen LogP contribution in [-0.4, -0.2) is 193 Å². The van der Waals surface area contributed by atoms with Crippen LogP contribution >= 0.6 is 0 Å². The van der Waals surface area contributed by atoms with E-state index in [1.807, 2.05) is 6.92 Å². The Bertz CT molecular complexity index is 1670. The number of aliphatic hydroxyl groups is 11. The van der Waals surface area contributed by atoms with Gasteiger partial charge >= 0.3 is 0 Å². The Morgan fingerprint density at radius 2 is 1.41 bits per heavy atom. The van der Waals surface area contributed by atoms with E-state index in [0.29, 0.717) is 38.0 Å². The first-order valence-corrected chi connectivity index (χ1v) is 23.4. The van der Waals surface area contributed by atoms with E-state index < -0.39 is 98.7 Å². The zero-order chi connectivity index (χ0) is 46.2. The fourth-order valence-electron chi connectivity index (χ4n) is 13.6. The molecule has 25 atom stereocenters. The highest BCUT2D eigenvalue weighted by molar-refractivity contribution is 5.83. The highest BCUT2D eigenvalue weighted by atomic mass is 16.7. The maximum atomic E-state index is 14.3. The molecule has 0 aromatic carbocycles. The van der Waals surface area contributed by atoms with Crippen molar-refractivity contribution in [3.8, 4) is 0 Å². The van der Waals surface area contributed by atoms with Crippen molar-refractivity contribution in [1.82, 2.24) is 0 Å². The minimum Gasteiger partial charge on any atom is -0.494 e. The Labute approximate surface area is 373 Å². The molecule has 8 aliphatic rings. The number of hydrogen-bond acceptors (Lipinski definition) is 19. The first-order chi connectivity index (χ1) is 30.3. The second kappa shape index (κ2) is 19.1. The van der Waals surface area contributed by atoms with Gasteiger partial charge in [-0.1, -0.05) is 20.8 Å². The number of carbonyl (C=O) groups is 1. The van der Waals surface area contributed by atoms with E-state index in [1.54, 1.807) is 0 Å². The molecule has 4 aliphatic heterocycles. The minimum atomic E-state index is -1.64. The standard InChI is InChI=1S/C45H72O19/c1-18(15-58-42-38(56)35(53)33(51)29(14-47)63-42)9-20(13-46)40-19(2)31-28(62-40)12-24-22-11-26(48)25-10-21(5-7-44(25,3)23(22)6-8-45(24,31)4)61-43-39(57)36(54)34(52)30(64-43)17-60-41-37(55)32(50)27(49)16-59-41/h18,20-25,27-39,41-43,46-47,49-57H,5-17H2,1-4H3/t18-,20+,21+,22-,23+,24+,25-,27-,28+,29-,30+,31+,32-,33-,34-,35+,36-,37+,38-,39+,41+,42-,43-,44-,45+/m1/s1. The fraction of sp³-hybridized carbons (Fsp3) is 0.933.